The molecule has 0 spiro atoms. The molecule has 1 aromatic heterocycles. The topological polar surface area (TPSA) is 74.2 Å². The Kier molecular flexibility index (Phi) is 4.02. The fraction of sp³-hybridized carbons (Fsp3) is 0.222. The molecule has 23 heavy (non-hydrogen) atoms. The van der Waals surface area contributed by atoms with E-state index in [1.54, 1.807) is 0 Å². The average molecular weight is 309 g/mol. The molecule has 2 aromatic carbocycles. The molecule has 118 valence electrons. The monoisotopic (exact) mass is 309 g/mol. The third-order valence-electron chi connectivity index (χ3n) is 3.92. The summed E-state index contributed by atoms with van der Waals surface area (Å²) in [7, 11) is 0. The van der Waals surface area contributed by atoms with Crippen molar-refractivity contribution in [1.29, 1.82) is 0 Å². The van der Waals surface area contributed by atoms with E-state index < -0.39 is 0 Å². The smallest absolute Gasteiger partial charge is 0.312 e. The largest absolute Gasteiger partial charge is 0.484 e. The maximum absolute atomic E-state index is 5.63. The Bertz CT molecular complexity index is 764. The number of nitrogen functional groups attached to an aromatic ring is 1. The number of hydrogen-bond donors (Lipinski definition) is 1. The first-order valence-corrected chi connectivity index (χ1v) is 7.42. The number of hydrogen-bond acceptors (Lipinski definition) is 5. The molecule has 0 aliphatic rings. The molecule has 0 atom stereocenters. The molecular weight excluding hydrogens is 290 g/mol. The number of benzene rings is 2. The number of rotatable bonds is 5. The first kappa shape index (κ1) is 15.1. The maximum Gasteiger partial charge on any atom is 0.312 e. The van der Waals surface area contributed by atoms with Crippen LogP contribution in [0.1, 0.15) is 30.9 Å². The first-order valence-electron chi connectivity index (χ1n) is 7.42. The lowest BCUT2D eigenvalue weighted by Gasteiger charge is -2.26. The third-order valence-corrected chi connectivity index (χ3v) is 3.92. The van der Waals surface area contributed by atoms with Crippen molar-refractivity contribution < 1.29 is 9.15 Å². The molecule has 3 aromatic rings. The van der Waals surface area contributed by atoms with Gasteiger partial charge in [-0.25, -0.2) is 0 Å². The lowest BCUT2D eigenvalue weighted by Crippen LogP contribution is -2.18. The van der Waals surface area contributed by atoms with Crippen molar-refractivity contribution in [3.63, 3.8) is 0 Å². The van der Waals surface area contributed by atoms with Crippen LogP contribution in [-0.4, -0.2) is 10.2 Å². The molecule has 2 N–H and O–H groups in total. The van der Waals surface area contributed by atoms with Crippen molar-refractivity contribution in [2.45, 2.75) is 25.9 Å². The Balaban J connectivity index is 1.71. The van der Waals surface area contributed by atoms with Crippen LogP contribution >= 0.6 is 0 Å². The van der Waals surface area contributed by atoms with Gasteiger partial charge in [0.2, 0.25) is 0 Å². The summed E-state index contributed by atoms with van der Waals surface area (Å²) in [5.74, 6) is 1.10. The summed E-state index contributed by atoms with van der Waals surface area (Å²) in [6, 6.07) is 18.5. The highest BCUT2D eigenvalue weighted by atomic mass is 16.5. The fourth-order valence-corrected chi connectivity index (χ4v) is 2.46. The predicted octanol–water partition coefficient (Wildman–Crippen LogP) is 3.56. The van der Waals surface area contributed by atoms with Crippen LogP contribution in [0, 0.1) is 0 Å². The van der Waals surface area contributed by atoms with Crippen molar-refractivity contribution in [3.05, 3.63) is 71.6 Å². The molecule has 0 fully saturated rings. The molecule has 1 heterocycles. The van der Waals surface area contributed by atoms with Crippen molar-refractivity contribution in [3.8, 4) is 5.75 Å². The quantitative estimate of drug-likeness (QED) is 0.780. The zero-order valence-corrected chi connectivity index (χ0v) is 13.2. The molecule has 0 aliphatic heterocycles. The van der Waals surface area contributed by atoms with E-state index >= 15 is 0 Å². The van der Waals surface area contributed by atoms with Gasteiger partial charge in [-0.15, -0.1) is 5.10 Å². The molecule has 0 aliphatic carbocycles. The molecule has 5 nitrogen and oxygen atoms in total. The van der Waals surface area contributed by atoms with Gasteiger partial charge in [-0.1, -0.05) is 61.4 Å². The lowest BCUT2D eigenvalue weighted by molar-refractivity contribution is 0.265. The molecule has 5 heteroatoms. The zero-order chi connectivity index (χ0) is 16.3. The molecule has 0 saturated carbocycles. The second-order valence-corrected chi connectivity index (χ2v) is 5.84. The van der Waals surface area contributed by atoms with Crippen LogP contribution in [0.25, 0.3) is 0 Å². The van der Waals surface area contributed by atoms with Gasteiger partial charge in [0.1, 0.15) is 5.75 Å². The summed E-state index contributed by atoms with van der Waals surface area (Å²) in [5, 5.41) is 7.35. The minimum atomic E-state index is -0.0687. The van der Waals surface area contributed by atoms with Crippen molar-refractivity contribution in [1.82, 2.24) is 10.2 Å². The summed E-state index contributed by atoms with van der Waals surface area (Å²) in [4.78, 5) is 0. The third kappa shape index (κ3) is 3.34. The number of nitrogens with two attached hydrogens (primary N) is 1. The number of aromatic nitrogens is 2. The van der Waals surface area contributed by atoms with Crippen LogP contribution in [0.5, 0.6) is 5.75 Å². The summed E-state index contributed by atoms with van der Waals surface area (Å²) in [5.41, 5.74) is 7.80. The van der Waals surface area contributed by atoms with Crippen LogP contribution in [0.3, 0.4) is 0 Å². The van der Waals surface area contributed by atoms with Crippen molar-refractivity contribution >= 4 is 6.01 Å². The maximum atomic E-state index is 5.63. The lowest BCUT2D eigenvalue weighted by atomic mass is 9.78. The fourth-order valence-electron chi connectivity index (χ4n) is 2.46. The SMILES string of the molecule is CC(C)(c1ccccc1)c1ccc(OCc2nnc(N)o2)cc1. The van der Waals surface area contributed by atoms with E-state index in [1.807, 2.05) is 18.2 Å². The van der Waals surface area contributed by atoms with E-state index in [-0.39, 0.29) is 18.0 Å². The van der Waals surface area contributed by atoms with Gasteiger partial charge in [0.05, 0.1) is 0 Å². The van der Waals surface area contributed by atoms with E-state index in [0.29, 0.717) is 5.89 Å². The Labute approximate surface area is 135 Å². The summed E-state index contributed by atoms with van der Waals surface area (Å²) >= 11 is 0. The highest BCUT2D eigenvalue weighted by molar-refractivity contribution is 5.39. The van der Waals surface area contributed by atoms with Crippen LogP contribution in [-0.2, 0) is 12.0 Å². The van der Waals surface area contributed by atoms with Gasteiger partial charge in [0, 0.05) is 5.41 Å². The minimum Gasteiger partial charge on any atom is -0.484 e. The van der Waals surface area contributed by atoms with Crippen molar-refractivity contribution in [2.75, 3.05) is 5.73 Å². The summed E-state index contributed by atoms with van der Waals surface area (Å²) < 4.78 is 10.7. The van der Waals surface area contributed by atoms with E-state index in [0.717, 1.165) is 5.75 Å². The van der Waals surface area contributed by atoms with Gasteiger partial charge in [0.15, 0.2) is 6.61 Å². The summed E-state index contributed by atoms with van der Waals surface area (Å²) in [6.45, 7) is 4.62. The molecule has 0 saturated heterocycles. The van der Waals surface area contributed by atoms with Gasteiger partial charge >= 0.3 is 6.01 Å². The van der Waals surface area contributed by atoms with E-state index in [4.69, 9.17) is 14.9 Å². The second kappa shape index (κ2) is 6.12. The molecule has 0 unspecified atom stereocenters. The second-order valence-electron chi connectivity index (χ2n) is 5.84. The highest BCUT2D eigenvalue weighted by Gasteiger charge is 2.22. The predicted molar refractivity (Wildman–Crippen MR) is 88.1 cm³/mol. The molecule has 0 amide bonds. The van der Waals surface area contributed by atoms with E-state index in [1.165, 1.54) is 11.1 Å². The minimum absolute atomic E-state index is 0.0450. The Hall–Kier alpha value is -2.82. The van der Waals surface area contributed by atoms with Gasteiger partial charge in [0.25, 0.3) is 5.89 Å². The Morgan fingerprint density at radius 1 is 0.957 bits per heavy atom. The first-order chi connectivity index (χ1) is 11.1. The average Bonchev–Trinajstić information content (AvgIpc) is 3.00. The summed E-state index contributed by atoms with van der Waals surface area (Å²) in [6.07, 6.45) is 0. The highest BCUT2D eigenvalue weighted by Crippen LogP contribution is 2.32. The molecular formula is C18H19N3O2. The van der Waals surface area contributed by atoms with Gasteiger partial charge < -0.3 is 14.9 Å². The number of ether oxygens (including phenoxy) is 1. The Morgan fingerprint density at radius 2 is 1.61 bits per heavy atom. The Morgan fingerprint density at radius 3 is 2.22 bits per heavy atom. The van der Waals surface area contributed by atoms with Gasteiger partial charge in [-0.2, -0.15) is 0 Å². The zero-order valence-electron chi connectivity index (χ0n) is 13.2. The van der Waals surface area contributed by atoms with Gasteiger partial charge in [-0.3, -0.25) is 0 Å². The number of nitrogens with zero attached hydrogens (tertiary/aromatic N) is 2. The normalized spacial score (nSPS) is 11.4. The van der Waals surface area contributed by atoms with Crippen molar-refractivity contribution in [2.24, 2.45) is 0 Å². The molecule has 3 rings (SSSR count). The van der Waals surface area contributed by atoms with Gasteiger partial charge in [-0.05, 0) is 23.3 Å². The van der Waals surface area contributed by atoms with Crippen LogP contribution in [0.2, 0.25) is 0 Å². The molecule has 0 bridgehead atoms. The molecule has 0 radical (unpaired) electrons. The van der Waals surface area contributed by atoms with Crippen LogP contribution in [0.15, 0.2) is 59.0 Å². The van der Waals surface area contributed by atoms with Crippen LogP contribution in [0.4, 0.5) is 6.01 Å². The van der Waals surface area contributed by atoms with E-state index in [9.17, 15) is 0 Å². The van der Waals surface area contributed by atoms with E-state index in [2.05, 4.69) is 60.4 Å². The standard InChI is InChI=1S/C18H19N3O2/c1-18(2,13-6-4-3-5-7-13)14-8-10-15(11-9-14)22-12-16-20-21-17(19)23-16/h3-11H,12H2,1-2H3,(H2,19,21). The number of anilines is 1. The van der Waals surface area contributed by atoms with Crippen LogP contribution < -0.4 is 10.5 Å².